The SMILES string of the molecule is CNCCC1C(=O)N(C)CC(C)N1C1CC1. The highest BCUT2D eigenvalue weighted by Crippen LogP contribution is 2.33. The fourth-order valence-corrected chi connectivity index (χ4v) is 2.81. The van der Waals surface area contributed by atoms with E-state index in [-0.39, 0.29) is 6.04 Å². The van der Waals surface area contributed by atoms with Gasteiger partial charge in [-0.2, -0.15) is 0 Å². The molecule has 2 rings (SSSR count). The number of carbonyl (C=O) groups excluding carboxylic acids is 1. The van der Waals surface area contributed by atoms with Crippen LogP contribution in [0.25, 0.3) is 0 Å². The molecule has 16 heavy (non-hydrogen) atoms. The summed E-state index contributed by atoms with van der Waals surface area (Å²) in [6.45, 7) is 4.04. The fraction of sp³-hybridized carbons (Fsp3) is 0.917. The number of rotatable bonds is 4. The minimum absolute atomic E-state index is 0.105. The Morgan fingerprint density at radius 1 is 1.44 bits per heavy atom. The molecule has 1 aliphatic heterocycles. The minimum Gasteiger partial charge on any atom is -0.343 e. The molecule has 2 aliphatic rings. The first kappa shape index (κ1) is 11.9. The standard InChI is InChI=1S/C12H23N3O/c1-9-8-14(3)12(16)11(6-7-13-2)15(9)10-4-5-10/h9-11,13H,4-8H2,1-3H3. The van der Waals surface area contributed by atoms with Crippen molar-refractivity contribution in [3.05, 3.63) is 0 Å². The number of hydrogen-bond donors (Lipinski definition) is 1. The number of carbonyl (C=O) groups is 1. The second-order valence-corrected chi connectivity index (χ2v) is 5.15. The summed E-state index contributed by atoms with van der Waals surface area (Å²) in [6.07, 6.45) is 3.48. The van der Waals surface area contributed by atoms with Crippen LogP contribution in [0.4, 0.5) is 0 Å². The van der Waals surface area contributed by atoms with E-state index in [0.717, 1.165) is 19.5 Å². The molecule has 0 bridgehead atoms. The average molecular weight is 225 g/mol. The van der Waals surface area contributed by atoms with Gasteiger partial charge in [-0.3, -0.25) is 9.69 Å². The summed E-state index contributed by atoms with van der Waals surface area (Å²) in [6, 6.07) is 1.29. The average Bonchev–Trinajstić information content (AvgIpc) is 3.05. The zero-order valence-electron chi connectivity index (χ0n) is 10.6. The Bertz CT molecular complexity index is 265. The summed E-state index contributed by atoms with van der Waals surface area (Å²) in [5, 5.41) is 3.15. The molecule has 1 amide bonds. The van der Waals surface area contributed by atoms with Gasteiger partial charge in [-0.15, -0.1) is 0 Å². The first-order valence-electron chi connectivity index (χ1n) is 6.32. The molecule has 92 valence electrons. The van der Waals surface area contributed by atoms with Gasteiger partial charge >= 0.3 is 0 Å². The Kier molecular flexibility index (Phi) is 3.50. The Hall–Kier alpha value is -0.610. The largest absolute Gasteiger partial charge is 0.343 e. The quantitative estimate of drug-likeness (QED) is 0.747. The van der Waals surface area contributed by atoms with Crippen LogP contribution >= 0.6 is 0 Å². The molecule has 1 heterocycles. The molecule has 1 aliphatic carbocycles. The zero-order valence-corrected chi connectivity index (χ0v) is 10.6. The number of hydrogen-bond acceptors (Lipinski definition) is 3. The van der Waals surface area contributed by atoms with E-state index in [1.165, 1.54) is 12.8 Å². The van der Waals surface area contributed by atoms with Crippen LogP contribution in [0.2, 0.25) is 0 Å². The summed E-state index contributed by atoms with van der Waals surface area (Å²) in [7, 11) is 3.87. The number of nitrogens with one attached hydrogen (secondary N) is 1. The molecule has 4 heteroatoms. The van der Waals surface area contributed by atoms with Crippen molar-refractivity contribution < 1.29 is 4.79 Å². The Labute approximate surface area is 98.0 Å². The lowest BCUT2D eigenvalue weighted by Gasteiger charge is -2.44. The van der Waals surface area contributed by atoms with Gasteiger partial charge in [-0.25, -0.2) is 0 Å². The van der Waals surface area contributed by atoms with Crippen LogP contribution in [0.15, 0.2) is 0 Å². The molecule has 0 spiro atoms. The van der Waals surface area contributed by atoms with Crippen molar-refractivity contribution in [1.82, 2.24) is 15.1 Å². The van der Waals surface area contributed by atoms with Gasteiger partial charge in [0.25, 0.3) is 0 Å². The normalized spacial score (nSPS) is 32.2. The van der Waals surface area contributed by atoms with Gasteiger partial charge in [0.2, 0.25) is 5.91 Å². The van der Waals surface area contributed by atoms with E-state index < -0.39 is 0 Å². The maximum absolute atomic E-state index is 12.2. The second-order valence-electron chi connectivity index (χ2n) is 5.15. The van der Waals surface area contributed by atoms with E-state index >= 15 is 0 Å². The van der Waals surface area contributed by atoms with E-state index in [0.29, 0.717) is 18.0 Å². The number of amides is 1. The summed E-state index contributed by atoms with van der Waals surface area (Å²) >= 11 is 0. The van der Waals surface area contributed by atoms with Gasteiger partial charge < -0.3 is 10.2 Å². The Morgan fingerprint density at radius 3 is 2.69 bits per heavy atom. The van der Waals surface area contributed by atoms with Crippen LogP contribution in [0.3, 0.4) is 0 Å². The van der Waals surface area contributed by atoms with Crippen molar-refractivity contribution in [2.75, 3.05) is 27.2 Å². The number of piperazine rings is 1. The van der Waals surface area contributed by atoms with Crippen LogP contribution in [-0.2, 0) is 4.79 Å². The lowest BCUT2D eigenvalue weighted by atomic mass is 10.0. The van der Waals surface area contributed by atoms with Crippen molar-refractivity contribution in [2.45, 2.75) is 44.3 Å². The summed E-state index contributed by atoms with van der Waals surface area (Å²) < 4.78 is 0. The number of likely N-dealkylation sites (N-methyl/N-ethyl adjacent to an activating group) is 1. The van der Waals surface area contributed by atoms with Crippen LogP contribution in [0.5, 0.6) is 0 Å². The fourth-order valence-electron chi connectivity index (χ4n) is 2.81. The third-order valence-electron chi connectivity index (χ3n) is 3.70. The predicted molar refractivity (Wildman–Crippen MR) is 64.3 cm³/mol. The van der Waals surface area contributed by atoms with E-state index in [4.69, 9.17) is 0 Å². The Morgan fingerprint density at radius 2 is 2.12 bits per heavy atom. The third kappa shape index (κ3) is 2.23. The lowest BCUT2D eigenvalue weighted by molar-refractivity contribution is -0.143. The first-order valence-corrected chi connectivity index (χ1v) is 6.32. The highest BCUT2D eigenvalue weighted by atomic mass is 16.2. The molecule has 0 aromatic rings. The van der Waals surface area contributed by atoms with Gasteiger partial charge in [0.05, 0.1) is 6.04 Å². The molecule has 1 saturated heterocycles. The minimum atomic E-state index is 0.105. The third-order valence-corrected chi connectivity index (χ3v) is 3.70. The molecule has 2 unspecified atom stereocenters. The molecular weight excluding hydrogens is 202 g/mol. The van der Waals surface area contributed by atoms with Crippen molar-refractivity contribution in [1.29, 1.82) is 0 Å². The zero-order chi connectivity index (χ0) is 11.7. The van der Waals surface area contributed by atoms with Gasteiger partial charge in [0.15, 0.2) is 0 Å². The summed E-state index contributed by atoms with van der Waals surface area (Å²) in [5.41, 5.74) is 0. The smallest absolute Gasteiger partial charge is 0.239 e. The molecule has 2 atom stereocenters. The van der Waals surface area contributed by atoms with Gasteiger partial charge in [-0.1, -0.05) is 0 Å². The monoisotopic (exact) mass is 225 g/mol. The van der Waals surface area contributed by atoms with Crippen LogP contribution in [0.1, 0.15) is 26.2 Å². The first-order chi connectivity index (χ1) is 7.65. The van der Waals surface area contributed by atoms with Crippen molar-refractivity contribution in [3.63, 3.8) is 0 Å². The summed E-state index contributed by atoms with van der Waals surface area (Å²) in [5.74, 6) is 0.306. The van der Waals surface area contributed by atoms with E-state index in [1.54, 1.807) is 0 Å². The van der Waals surface area contributed by atoms with E-state index in [1.807, 2.05) is 19.0 Å². The van der Waals surface area contributed by atoms with E-state index in [9.17, 15) is 4.79 Å². The van der Waals surface area contributed by atoms with Crippen LogP contribution in [0, 0.1) is 0 Å². The molecule has 1 saturated carbocycles. The number of nitrogens with zero attached hydrogens (tertiary/aromatic N) is 2. The summed E-state index contributed by atoms with van der Waals surface area (Å²) in [4.78, 5) is 16.5. The highest BCUT2D eigenvalue weighted by Gasteiger charge is 2.43. The lowest BCUT2D eigenvalue weighted by Crippen LogP contribution is -2.61. The van der Waals surface area contributed by atoms with Crippen molar-refractivity contribution in [2.24, 2.45) is 0 Å². The molecule has 0 aromatic carbocycles. The maximum atomic E-state index is 12.2. The second kappa shape index (κ2) is 4.72. The molecule has 1 N–H and O–H groups in total. The topological polar surface area (TPSA) is 35.6 Å². The van der Waals surface area contributed by atoms with Crippen LogP contribution < -0.4 is 5.32 Å². The van der Waals surface area contributed by atoms with E-state index in [2.05, 4.69) is 17.1 Å². The van der Waals surface area contributed by atoms with Crippen molar-refractivity contribution in [3.8, 4) is 0 Å². The Balaban J connectivity index is 2.07. The molecular formula is C12H23N3O. The molecule has 0 radical (unpaired) electrons. The van der Waals surface area contributed by atoms with Gasteiger partial charge in [-0.05, 0) is 39.8 Å². The van der Waals surface area contributed by atoms with Crippen LogP contribution in [-0.4, -0.2) is 61.0 Å². The predicted octanol–water partition coefficient (Wildman–Crippen LogP) is 0.289. The molecule has 4 nitrogen and oxygen atoms in total. The van der Waals surface area contributed by atoms with Crippen molar-refractivity contribution >= 4 is 5.91 Å². The van der Waals surface area contributed by atoms with Gasteiger partial charge in [0, 0.05) is 25.7 Å². The molecule has 0 aromatic heterocycles. The molecule has 2 fully saturated rings. The maximum Gasteiger partial charge on any atom is 0.239 e. The van der Waals surface area contributed by atoms with Gasteiger partial charge in [0.1, 0.15) is 0 Å². The highest BCUT2D eigenvalue weighted by molar-refractivity contribution is 5.82.